The maximum atomic E-state index is 13.2. The molecule has 1 aliphatic rings. The standard InChI is InChI=1S/C29H33N3O2S2/c1-5-6-7-11-16-31-28(33)26(36-29(31)35)18-22-19-32(23-12-9-8-10-13-23)30-27(22)25-15-14-24(17-21(25)4)34-20(2)3/h8-10,12-15,17-20H,5-7,11,16H2,1-4H3/b26-18-. The van der Waals surface area contributed by atoms with Crippen molar-refractivity contribution < 1.29 is 9.53 Å². The summed E-state index contributed by atoms with van der Waals surface area (Å²) in [6, 6.07) is 16.1. The number of para-hydroxylation sites is 1. The Labute approximate surface area is 223 Å². The molecule has 36 heavy (non-hydrogen) atoms. The molecule has 2 heterocycles. The van der Waals surface area contributed by atoms with Crippen molar-refractivity contribution in [2.24, 2.45) is 0 Å². The highest BCUT2D eigenvalue weighted by Gasteiger charge is 2.32. The summed E-state index contributed by atoms with van der Waals surface area (Å²) in [4.78, 5) is 15.6. The summed E-state index contributed by atoms with van der Waals surface area (Å²) in [7, 11) is 0. The third-order valence-electron chi connectivity index (χ3n) is 5.98. The highest BCUT2D eigenvalue weighted by atomic mass is 32.2. The highest BCUT2D eigenvalue weighted by Crippen LogP contribution is 2.36. The van der Waals surface area contributed by atoms with E-state index in [0.29, 0.717) is 15.8 Å². The molecule has 0 bridgehead atoms. The van der Waals surface area contributed by atoms with Gasteiger partial charge in [-0.1, -0.05) is 68.4 Å². The van der Waals surface area contributed by atoms with E-state index in [1.165, 1.54) is 18.2 Å². The Balaban J connectivity index is 1.70. The zero-order valence-electron chi connectivity index (χ0n) is 21.4. The van der Waals surface area contributed by atoms with E-state index in [9.17, 15) is 4.79 Å². The Kier molecular flexibility index (Phi) is 8.64. The van der Waals surface area contributed by atoms with Gasteiger partial charge in [-0.3, -0.25) is 9.69 Å². The molecule has 2 aromatic carbocycles. The van der Waals surface area contributed by atoms with Crippen LogP contribution in [0.5, 0.6) is 5.75 Å². The van der Waals surface area contributed by atoms with Crippen LogP contribution in [0.25, 0.3) is 23.0 Å². The van der Waals surface area contributed by atoms with Crippen molar-refractivity contribution in [1.82, 2.24) is 14.7 Å². The summed E-state index contributed by atoms with van der Waals surface area (Å²) in [6.07, 6.45) is 8.43. The minimum absolute atomic E-state index is 0.0164. The number of carbonyl (C=O) groups excluding carboxylic acids is 1. The SMILES string of the molecule is CCCCCCN1C(=O)/C(=C/c2cn(-c3ccccc3)nc2-c2ccc(OC(C)C)cc2C)SC1=S. The molecular weight excluding hydrogens is 486 g/mol. The first-order valence-electron chi connectivity index (χ1n) is 12.6. The number of hydrogen-bond acceptors (Lipinski definition) is 5. The predicted octanol–water partition coefficient (Wildman–Crippen LogP) is 7.42. The lowest BCUT2D eigenvalue weighted by Crippen LogP contribution is -2.29. The van der Waals surface area contributed by atoms with E-state index in [2.05, 4.69) is 13.8 Å². The van der Waals surface area contributed by atoms with Gasteiger partial charge in [-0.25, -0.2) is 4.68 Å². The molecular formula is C29H33N3O2S2. The fourth-order valence-electron chi connectivity index (χ4n) is 4.19. The Morgan fingerprint density at radius 2 is 1.89 bits per heavy atom. The Hall–Kier alpha value is -2.90. The molecule has 1 amide bonds. The molecule has 4 rings (SSSR count). The lowest BCUT2D eigenvalue weighted by atomic mass is 10.0. The number of thiocarbonyl (C=S) groups is 1. The molecule has 7 heteroatoms. The van der Waals surface area contributed by atoms with Crippen molar-refractivity contribution in [3.05, 3.63) is 70.8 Å². The lowest BCUT2D eigenvalue weighted by Gasteiger charge is -2.13. The van der Waals surface area contributed by atoms with Gasteiger partial charge in [-0.15, -0.1) is 0 Å². The maximum Gasteiger partial charge on any atom is 0.266 e. The van der Waals surface area contributed by atoms with Gasteiger partial charge in [0.1, 0.15) is 15.8 Å². The molecule has 3 aromatic rings. The second-order valence-electron chi connectivity index (χ2n) is 9.25. The van der Waals surface area contributed by atoms with Gasteiger partial charge in [0, 0.05) is 23.9 Å². The van der Waals surface area contributed by atoms with Crippen LogP contribution in [0.2, 0.25) is 0 Å². The molecule has 1 fully saturated rings. The molecule has 5 nitrogen and oxygen atoms in total. The first kappa shape index (κ1) is 26.2. The van der Waals surface area contributed by atoms with Gasteiger partial charge in [-0.2, -0.15) is 5.10 Å². The molecule has 0 spiro atoms. The number of ether oxygens (including phenoxy) is 1. The second-order valence-corrected chi connectivity index (χ2v) is 10.9. The summed E-state index contributed by atoms with van der Waals surface area (Å²) in [5, 5.41) is 4.94. The molecule has 1 saturated heterocycles. The van der Waals surface area contributed by atoms with E-state index >= 15 is 0 Å². The number of thioether (sulfide) groups is 1. The zero-order chi connectivity index (χ0) is 25.7. The second kappa shape index (κ2) is 11.9. The Morgan fingerprint density at radius 1 is 1.11 bits per heavy atom. The molecule has 0 N–H and O–H groups in total. The minimum Gasteiger partial charge on any atom is -0.491 e. The molecule has 1 aliphatic heterocycles. The number of hydrogen-bond donors (Lipinski definition) is 0. The average Bonchev–Trinajstić information content (AvgIpc) is 3.38. The van der Waals surface area contributed by atoms with E-state index in [1.54, 1.807) is 4.90 Å². The third kappa shape index (κ3) is 6.08. The smallest absolute Gasteiger partial charge is 0.266 e. The van der Waals surface area contributed by atoms with Crippen molar-refractivity contribution in [3.8, 4) is 22.7 Å². The molecule has 0 aliphatic carbocycles. The van der Waals surface area contributed by atoms with Gasteiger partial charge >= 0.3 is 0 Å². The normalized spacial score (nSPS) is 14.9. The van der Waals surface area contributed by atoms with E-state index in [4.69, 9.17) is 22.1 Å². The summed E-state index contributed by atoms with van der Waals surface area (Å²) in [6.45, 7) is 8.95. The average molecular weight is 520 g/mol. The zero-order valence-corrected chi connectivity index (χ0v) is 23.0. The van der Waals surface area contributed by atoms with Gasteiger partial charge in [-0.05, 0) is 69.2 Å². The van der Waals surface area contributed by atoms with Crippen LogP contribution in [-0.2, 0) is 4.79 Å². The number of aryl methyl sites for hydroxylation is 1. The first-order chi connectivity index (χ1) is 17.4. The van der Waals surface area contributed by atoms with Crippen molar-refractivity contribution in [2.75, 3.05) is 6.54 Å². The summed E-state index contributed by atoms with van der Waals surface area (Å²) >= 11 is 6.93. The van der Waals surface area contributed by atoms with E-state index < -0.39 is 0 Å². The van der Waals surface area contributed by atoms with E-state index in [0.717, 1.165) is 53.1 Å². The van der Waals surface area contributed by atoms with Crippen molar-refractivity contribution in [1.29, 1.82) is 0 Å². The van der Waals surface area contributed by atoms with E-state index in [-0.39, 0.29) is 12.0 Å². The Bertz CT molecular complexity index is 1260. The van der Waals surface area contributed by atoms with E-state index in [1.807, 2.05) is 79.3 Å². The predicted molar refractivity (Wildman–Crippen MR) is 154 cm³/mol. The number of unbranched alkanes of at least 4 members (excludes halogenated alkanes) is 3. The van der Waals surface area contributed by atoms with Crippen LogP contribution in [0.1, 0.15) is 57.6 Å². The van der Waals surface area contributed by atoms with Crippen LogP contribution in [0, 0.1) is 6.92 Å². The van der Waals surface area contributed by atoms with Crippen LogP contribution in [0.3, 0.4) is 0 Å². The largest absolute Gasteiger partial charge is 0.491 e. The topological polar surface area (TPSA) is 47.4 Å². The molecule has 1 aromatic heterocycles. The van der Waals surface area contributed by atoms with Gasteiger partial charge < -0.3 is 4.74 Å². The first-order valence-corrected chi connectivity index (χ1v) is 13.8. The fourth-order valence-corrected chi connectivity index (χ4v) is 5.49. The number of aromatic nitrogens is 2. The number of amides is 1. The number of carbonyl (C=O) groups is 1. The summed E-state index contributed by atoms with van der Waals surface area (Å²) in [5.74, 6) is 0.816. The lowest BCUT2D eigenvalue weighted by molar-refractivity contribution is -0.122. The van der Waals surface area contributed by atoms with Gasteiger partial charge in [0.2, 0.25) is 0 Å². The van der Waals surface area contributed by atoms with Crippen molar-refractivity contribution in [3.63, 3.8) is 0 Å². The fraction of sp³-hybridized carbons (Fsp3) is 0.345. The van der Waals surface area contributed by atoms with Crippen LogP contribution >= 0.6 is 24.0 Å². The maximum absolute atomic E-state index is 13.2. The molecule has 0 radical (unpaired) electrons. The number of benzene rings is 2. The van der Waals surface area contributed by atoms with Crippen LogP contribution in [0.15, 0.2) is 59.6 Å². The monoisotopic (exact) mass is 519 g/mol. The molecule has 188 valence electrons. The minimum atomic E-state index is -0.0164. The Morgan fingerprint density at radius 3 is 2.58 bits per heavy atom. The summed E-state index contributed by atoms with van der Waals surface area (Å²) < 4.78 is 8.37. The molecule has 0 unspecified atom stereocenters. The van der Waals surface area contributed by atoms with Crippen molar-refractivity contribution in [2.45, 2.75) is 59.5 Å². The van der Waals surface area contributed by atoms with Crippen LogP contribution in [-0.4, -0.2) is 37.6 Å². The van der Waals surface area contributed by atoms with Gasteiger partial charge in [0.15, 0.2) is 0 Å². The van der Waals surface area contributed by atoms with Gasteiger partial charge in [0.25, 0.3) is 5.91 Å². The van der Waals surface area contributed by atoms with Crippen molar-refractivity contribution >= 4 is 40.3 Å². The van der Waals surface area contributed by atoms with Crippen LogP contribution in [0.4, 0.5) is 0 Å². The number of nitrogens with zero attached hydrogens (tertiary/aromatic N) is 3. The van der Waals surface area contributed by atoms with Crippen LogP contribution < -0.4 is 4.74 Å². The number of rotatable bonds is 10. The highest BCUT2D eigenvalue weighted by molar-refractivity contribution is 8.26. The molecule has 0 atom stereocenters. The molecule has 0 saturated carbocycles. The third-order valence-corrected chi connectivity index (χ3v) is 7.36. The quantitative estimate of drug-likeness (QED) is 0.158. The van der Waals surface area contributed by atoms with Gasteiger partial charge in [0.05, 0.1) is 16.7 Å². The summed E-state index contributed by atoms with van der Waals surface area (Å²) in [5.41, 5.74) is 4.72.